The Morgan fingerprint density at radius 3 is 2.65 bits per heavy atom. The number of carbonyl (C=O) groups is 1. The molecule has 1 aromatic rings. The number of hydrogen-bond acceptors (Lipinski definition) is 4. The summed E-state index contributed by atoms with van der Waals surface area (Å²) in [7, 11) is 4.80. The van der Waals surface area contributed by atoms with Crippen molar-refractivity contribution in [3.8, 4) is 11.5 Å². The van der Waals surface area contributed by atoms with E-state index in [9.17, 15) is 4.79 Å². The standard InChI is InChI=1S/C11H17N3O3/c1-14(11(15)13-12)7-8-6-9(16-2)4-5-10(8)17-3/h4-6H,7,12H2,1-3H3,(H,13,15). The number of nitrogens with two attached hydrogens (primary N) is 1. The third-order valence-corrected chi connectivity index (χ3v) is 2.37. The van der Waals surface area contributed by atoms with Gasteiger partial charge in [-0.25, -0.2) is 10.6 Å². The number of hydrogen-bond donors (Lipinski definition) is 2. The lowest BCUT2D eigenvalue weighted by Crippen LogP contribution is -2.40. The highest BCUT2D eigenvalue weighted by Crippen LogP contribution is 2.24. The highest BCUT2D eigenvalue weighted by molar-refractivity contribution is 5.73. The monoisotopic (exact) mass is 239 g/mol. The lowest BCUT2D eigenvalue weighted by Gasteiger charge is -2.18. The van der Waals surface area contributed by atoms with Crippen molar-refractivity contribution in [3.63, 3.8) is 0 Å². The van der Waals surface area contributed by atoms with Crippen molar-refractivity contribution in [1.82, 2.24) is 10.3 Å². The highest BCUT2D eigenvalue weighted by Gasteiger charge is 2.11. The molecule has 17 heavy (non-hydrogen) atoms. The van der Waals surface area contributed by atoms with E-state index < -0.39 is 0 Å². The molecule has 0 spiro atoms. The number of hydrazine groups is 1. The maximum atomic E-state index is 11.3. The van der Waals surface area contributed by atoms with Crippen molar-refractivity contribution in [3.05, 3.63) is 23.8 Å². The molecule has 0 atom stereocenters. The molecule has 0 unspecified atom stereocenters. The zero-order valence-corrected chi connectivity index (χ0v) is 10.2. The van der Waals surface area contributed by atoms with Gasteiger partial charge >= 0.3 is 6.03 Å². The van der Waals surface area contributed by atoms with Crippen LogP contribution in [0.1, 0.15) is 5.56 Å². The molecule has 0 aliphatic heterocycles. The van der Waals surface area contributed by atoms with E-state index in [4.69, 9.17) is 15.3 Å². The smallest absolute Gasteiger partial charge is 0.331 e. The third-order valence-electron chi connectivity index (χ3n) is 2.37. The van der Waals surface area contributed by atoms with E-state index in [0.29, 0.717) is 18.0 Å². The highest BCUT2D eigenvalue weighted by atomic mass is 16.5. The van der Waals surface area contributed by atoms with E-state index in [1.54, 1.807) is 33.4 Å². The van der Waals surface area contributed by atoms with Gasteiger partial charge in [-0.3, -0.25) is 5.43 Å². The Bertz CT molecular complexity index is 396. The van der Waals surface area contributed by atoms with Crippen LogP contribution in [0.15, 0.2) is 18.2 Å². The van der Waals surface area contributed by atoms with E-state index >= 15 is 0 Å². The van der Waals surface area contributed by atoms with E-state index in [1.807, 2.05) is 6.07 Å². The molecule has 0 aliphatic rings. The summed E-state index contributed by atoms with van der Waals surface area (Å²) in [5.41, 5.74) is 2.91. The van der Waals surface area contributed by atoms with Gasteiger partial charge in [-0.15, -0.1) is 0 Å². The average molecular weight is 239 g/mol. The number of carbonyl (C=O) groups excluding carboxylic acids is 1. The number of benzene rings is 1. The van der Waals surface area contributed by atoms with Crippen LogP contribution in [-0.2, 0) is 6.54 Å². The Kier molecular flexibility index (Phi) is 4.59. The number of methoxy groups -OCH3 is 2. The van der Waals surface area contributed by atoms with Crippen LogP contribution in [0, 0.1) is 0 Å². The van der Waals surface area contributed by atoms with Gasteiger partial charge in [-0.2, -0.15) is 0 Å². The fourth-order valence-corrected chi connectivity index (χ4v) is 1.44. The number of urea groups is 1. The number of nitrogens with zero attached hydrogens (tertiary/aromatic N) is 1. The Morgan fingerprint density at radius 1 is 1.41 bits per heavy atom. The number of ether oxygens (including phenoxy) is 2. The van der Waals surface area contributed by atoms with Gasteiger partial charge in [0.05, 0.1) is 20.8 Å². The Balaban J connectivity index is 2.91. The predicted molar refractivity (Wildman–Crippen MR) is 63.7 cm³/mol. The Labute approximate surface area is 100 Å². The largest absolute Gasteiger partial charge is 0.497 e. The van der Waals surface area contributed by atoms with Crippen molar-refractivity contribution in [2.75, 3.05) is 21.3 Å². The molecule has 0 heterocycles. The molecule has 0 fully saturated rings. The molecular formula is C11H17N3O3. The molecule has 0 radical (unpaired) electrons. The van der Waals surface area contributed by atoms with Crippen LogP contribution in [0.2, 0.25) is 0 Å². The zero-order valence-electron chi connectivity index (χ0n) is 10.2. The molecule has 0 aliphatic carbocycles. The van der Waals surface area contributed by atoms with Crippen molar-refractivity contribution < 1.29 is 14.3 Å². The number of nitrogens with one attached hydrogen (secondary N) is 1. The summed E-state index contributed by atoms with van der Waals surface area (Å²) in [6.07, 6.45) is 0. The van der Waals surface area contributed by atoms with Crippen molar-refractivity contribution in [2.24, 2.45) is 5.84 Å². The van der Waals surface area contributed by atoms with Gasteiger partial charge in [0.1, 0.15) is 11.5 Å². The summed E-state index contributed by atoms with van der Waals surface area (Å²) >= 11 is 0. The summed E-state index contributed by atoms with van der Waals surface area (Å²) in [5, 5.41) is 0. The lowest BCUT2D eigenvalue weighted by molar-refractivity contribution is 0.206. The normalized spacial score (nSPS) is 9.65. The molecule has 2 amide bonds. The minimum Gasteiger partial charge on any atom is -0.497 e. The molecular weight excluding hydrogens is 222 g/mol. The second-order valence-corrected chi connectivity index (χ2v) is 3.48. The quantitative estimate of drug-likeness (QED) is 0.461. The predicted octanol–water partition coefficient (Wildman–Crippen LogP) is 0.719. The first kappa shape index (κ1) is 13.1. The van der Waals surface area contributed by atoms with Crippen LogP contribution < -0.4 is 20.7 Å². The van der Waals surface area contributed by atoms with Crippen molar-refractivity contribution >= 4 is 6.03 Å². The van der Waals surface area contributed by atoms with Crippen molar-refractivity contribution in [1.29, 1.82) is 0 Å². The SMILES string of the molecule is COc1ccc(OC)c(CN(C)C(=O)NN)c1. The zero-order chi connectivity index (χ0) is 12.8. The molecule has 0 saturated heterocycles. The second kappa shape index (κ2) is 5.95. The summed E-state index contributed by atoms with van der Waals surface area (Å²) in [6.45, 7) is 0.378. The van der Waals surface area contributed by atoms with Gasteiger partial charge < -0.3 is 14.4 Å². The Morgan fingerprint density at radius 2 is 2.12 bits per heavy atom. The van der Waals surface area contributed by atoms with Gasteiger partial charge in [0, 0.05) is 12.6 Å². The summed E-state index contributed by atoms with van der Waals surface area (Å²) in [5.74, 6) is 6.46. The van der Waals surface area contributed by atoms with Gasteiger partial charge in [-0.05, 0) is 18.2 Å². The van der Waals surface area contributed by atoms with Crippen molar-refractivity contribution in [2.45, 2.75) is 6.54 Å². The lowest BCUT2D eigenvalue weighted by atomic mass is 10.2. The van der Waals surface area contributed by atoms with E-state index in [2.05, 4.69) is 5.43 Å². The van der Waals surface area contributed by atoms with E-state index in [-0.39, 0.29) is 6.03 Å². The summed E-state index contributed by atoms with van der Waals surface area (Å²) < 4.78 is 10.3. The van der Waals surface area contributed by atoms with Gasteiger partial charge in [-0.1, -0.05) is 0 Å². The summed E-state index contributed by atoms with van der Waals surface area (Å²) in [4.78, 5) is 12.7. The fraction of sp³-hybridized carbons (Fsp3) is 0.364. The fourth-order valence-electron chi connectivity index (χ4n) is 1.44. The van der Waals surface area contributed by atoms with Crippen LogP contribution >= 0.6 is 0 Å². The molecule has 94 valence electrons. The first-order valence-electron chi connectivity index (χ1n) is 5.05. The molecule has 6 heteroatoms. The molecule has 6 nitrogen and oxygen atoms in total. The maximum Gasteiger partial charge on any atom is 0.331 e. The Hall–Kier alpha value is -1.95. The minimum absolute atomic E-state index is 0.366. The van der Waals surface area contributed by atoms with E-state index in [1.165, 1.54) is 4.90 Å². The molecule has 1 aromatic carbocycles. The molecule has 1 rings (SSSR count). The summed E-state index contributed by atoms with van der Waals surface area (Å²) in [6, 6.07) is 5.04. The van der Waals surface area contributed by atoms with Crippen LogP contribution in [0.25, 0.3) is 0 Å². The van der Waals surface area contributed by atoms with Crippen LogP contribution in [0.5, 0.6) is 11.5 Å². The first-order valence-corrected chi connectivity index (χ1v) is 5.05. The average Bonchev–Trinajstić information content (AvgIpc) is 2.37. The maximum absolute atomic E-state index is 11.3. The van der Waals surface area contributed by atoms with Crippen LogP contribution in [0.3, 0.4) is 0 Å². The second-order valence-electron chi connectivity index (χ2n) is 3.48. The number of amides is 2. The van der Waals surface area contributed by atoms with Crippen LogP contribution in [-0.4, -0.2) is 32.2 Å². The first-order chi connectivity index (χ1) is 8.12. The van der Waals surface area contributed by atoms with Gasteiger partial charge in [0.15, 0.2) is 0 Å². The molecule has 0 bridgehead atoms. The van der Waals surface area contributed by atoms with Crippen LogP contribution in [0.4, 0.5) is 4.79 Å². The molecule has 0 aromatic heterocycles. The van der Waals surface area contributed by atoms with E-state index in [0.717, 1.165) is 5.56 Å². The minimum atomic E-state index is -0.366. The third kappa shape index (κ3) is 3.25. The van der Waals surface area contributed by atoms with Gasteiger partial charge in [0.2, 0.25) is 0 Å². The number of rotatable bonds is 4. The topological polar surface area (TPSA) is 76.8 Å². The molecule has 0 saturated carbocycles. The van der Waals surface area contributed by atoms with Gasteiger partial charge in [0.25, 0.3) is 0 Å². The molecule has 3 N–H and O–H groups in total.